The van der Waals surface area contributed by atoms with Crippen molar-refractivity contribution in [1.29, 1.82) is 0 Å². The van der Waals surface area contributed by atoms with Gasteiger partial charge in [0.25, 0.3) is 0 Å². The van der Waals surface area contributed by atoms with Crippen LogP contribution in [0.1, 0.15) is 126 Å². The lowest BCUT2D eigenvalue weighted by molar-refractivity contribution is -0.138. The largest absolute Gasteiger partial charge is 0.493 e. The number of ether oxygens (including phenoxy) is 1. The van der Waals surface area contributed by atoms with Gasteiger partial charge in [0, 0.05) is 11.6 Å². The molecular weight excluding hydrogens is 436 g/mol. The molecule has 2 aromatic carbocycles. The standard InChI is InChI=1S/C31H46O4/c1-2-3-4-5-6-7-8-9-10-11-12-13-14-15-16-20-25-34-28-23-24-29(30(26-28)35-33)31(32)27-21-18-17-19-22-27/h17-19,21-24,26,33H,2-16,20,25H2,1H3. The maximum atomic E-state index is 12.6. The van der Waals surface area contributed by atoms with E-state index in [4.69, 9.17) is 4.74 Å². The smallest absolute Gasteiger partial charge is 0.196 e. The number of rotatable bonds is 21. The highest BCUT2D eigenvalue weighted by Gasteiger charge is 2.16. The van der Waals surface area contributed by atoms with Gasteiger partial charge in [-0.3, -0.25) is 4.79 Å². The highest BCUT2D eigenvalue weighted by Crippen LogP contribution is 2.27. The summed E-state index contributed by atoms with van der Waals surface area (Å²) >= 11 is 0. The first-order valence-electron chi connectivity index (χ1n) is 13.9. The molecule has 2 aromatic rings. The Bertz CT molecular complexity index is 803. The summed E-state index contributed by atoms with van der Waals surface area (Å²) in [4.78, 5) is 17.1. The van der Waals surface area contributed by atoms with Gasteiger partial charge in [0.05, 0.1) is 12.2 Å². The number of unbranched alkanes of at least 4 members (excludes halogenated alkanes) is 15. The first-order valence-corrected chi connectivity index (χ1v) is 13.9. The average molecular weight is 483 g/mol. The van der Waals surface area contributed by atoms with Gasteiger partial charge < -0.3 is 9.62 Å². The van der Waals surface area contributed by atoms with Crippen molar-refractivity contribution in [2.24, 2.45) is 0 Å². The van der Waals surface area contributed by atoms with Crippen LogP contribution in [0.5, 0.6) is 11.5 Å². The van der Waals surface area contributed by atoms with Crippen LogP contribution in [0.4, 0.5) is 0 Å². The fraction of sp³-hybridized carbons (Fsp3) is 0.581. The number of benzene rings is 2. The highest BCUT2D eigenvalue weighted by molar-refractivity contribution is 6.10. The van der Waals surface area contributed by atoms with Gasteiger partial charge in [-0.1, -0.05) is 134 Å². The number of hydrogen-bond donors (Lipinski definition) is 1. The zero-order chi connectivity index (χ0) is 25.0. The van der Waals surface area contributed by atoms with Crippen LogP contribution in [0.2, 0.25) is 0 Å². The van der Waals surface area contributed by atoms with Crippen LogP contribution in [0, 0.1) is 0 Å². The Morgan fingerprint density at radius 3 is 1.71 bits per heavy atom. The van der Waals surface area contributed by atoms with Crippen molar-refractivity contribution in [2.75, 3.05) is 6.61 Å². The predicted octanol–water partition coefficient (Wildman–Crippen LogP) is 9.41. The summed E-state index contributed by atoms with van der Waals surface area (Å²) in [5.74, 6) is 0.516. The molecule has 1 N–H and O–H groups in total. The Morgan fingerprint density at radius 2 is 1.20 bits per heavy atom. The molecule has 0 saturated heterocycles. The predicted molar refractivity (Wildman–Crippen MR) is 145 cm³/mol. The Kier molecular flexibility index (Phi) is 15.6. The zero-order valence-corrected chi connectivity index (χ0v) is 21.8. The van der Waals surface area contributed by atoms with Crippen molar-refractivity contribution in [3.63, 3.8) is 0 Å². The third-order valence-electron chi connectivity index (χ3n) is 6.60. The molecule has 0 aliphatic heterocycles. The van der Waals surface area contributed by atoms with Crippen molar-refractivity contribution in [2.45, 2.75) is 110 Å². The van der Waals surface area contributed by atoms with Crippen LogP contribution in [-0.4, -0.2) is 17.6 Å². The van der Waals surface area contributed by atoms with Crippen molar-refractivity contribution < 1.29 is 19.7 Å². The topological polar surface area (TPSA) is 55.8 Å². The minimum atomic E-state index is -0.195. The lowest BCUT2D eigenvalue weighted by Crippen LogP contribution is -2.05. The molecule has 0 amide bonds. The van der Waals surface area contributed by atoms with Crippen LogP contribution in [0.25, 0.3) is 0 Å². The van der Waals surface area contributed by atoms with Gasteiger partial charge in [0.2, 0.25) is 0 Å². The quantitative estimate of drug-likeness (QED) is 0.0833. The van der Waals surface area contributed by atoms with E-state index >= 15 is 0 Å². The van der Waals surface area contributed by atoms with E-state index in [2.05, 4.69) is 11.8 Å². The lowest BCUT2D eigenvalue weighted by atomic mass is 10.0. The molecule has 0 heterocycles. The fourth-order valence-electron chi connectivity index (χ4n) is 4.44. The van der Waals surface area contributed by atoms with Crippen LogP contribution >= 0.6 is 0 Å². The number of ketones is 1. The summed E-state index contributed by atoms with van der Waals surface area (Å²) in [5, 5.41) is 9.25. The Hall–Kier alpha value is -2.33. The lowest BCUT2D eigenvalue weighted by Gasteiger charge is -2.10. The maximum Gasteiger partial charge on any atom is 0.196 e. The number of carbonyl (C=O) groups is 1. The molecule has 2 rings (SSSR count). The van der Waals surface area contributed by atoms with Crippen LogP contribution in [-0.2, 0) is 0 Å². The molecule has 0 unspecified atom stereocenters. The molecule has 0 radical (unpaired) electrons. The Labute approximate surface area is 213 Å². The molecule has 0 aromatic heterocycles. The third-order valence-corrected chi connectivity index (χ3v) is 6.60. The Balaban J connectivity index is 1.48. The molecule has 0 bridgehead atoms. The van der Waals surface area contributed by atoms with Gasteiger partial charge >= 0.3 is 0 Å². The van der Waals surface area contributed by atoms with Gasteiger partial charge in [-0.05, 0) is 18.6 Å². The Morgan fingerprint density at radius 1 is 0.686 bits per heavy atom. The number of carbonyl (C=O) groups excluding carboxylic acids is 1. The summed E-state index contributed by atoms with van der Waals surface area (Å²) in [6.45, 7) is 2.90. The van der Waals surface area contributed by atoms with E-state index in [1.54, 1.807) is 30.3 Å². The molecule has 4 nitrogen and oxygen atoms in total. The molecule has 4 heteroatoms. The average Bonchev–Trinajstić information content (AvgIpc) is 2.90. The maximum absolute atomic E-state index is 12.6. The minimum Gasteiger partial charge on any atom is -0.493 e. The van der Waals surface area contributed by atoms with Gasteiger partial charge in [0.1, 0.15) is 5.75 Å². The highest BCUT2D eigenvalue weighted by atomic mass is 17.1. The minimum absolute atomic E-state index is 0.114. The molecular formula is C31H46O4. The van der Waals surface area contributed by atoms with Crippen LogP contribution < -0.4 is 9.62 Å². The molecule has 35 heavy (non-hydrogen) atoms. The van der Waals surface area contributed by atoms with Gasteiger partial charge in [-0.2, -0.15) is 0 Å². The van der Waals surface area contributed by atoms with Crippen molar-refractivity contribution in [3.05, 3.63) is 59.7 Å². The summed E-state index contributed by atoms with van der Waals surface area (Å²) in [6.07, 6.45) is 21.5. The molecule has 0 aliphatic carbocycles. The van der Waals surface area contributed by atoms with Crippen molar-refractivity contribution in [1.82, 2.24) is 0 Å². The van der Waals surface area contributed by atoms with Crippen LogP contribution in [0.3, 0.4) is 0 Å². The normalized spacial score (nSPS) is 10.9. The molecule has 0 atom stereocenters. The third kappa shape index (κ3) is 12.3. The molecule has 0 spiro atoms. The fourth-order valence-corrected chi connectivity index (χ4v) is 4.44. The summed E-state index contributed by atoms with van der Waals surface area (Å²) in [7, 11) is 0. The number of hydrogen-bond acceptors (Lipinski definition) is 4. The second-order valence-electron chi connectivity index (χ2n) is 9.60. The van der Waals surface area contributed by atoms with E-state index in [9.17, 15) is 10.1 Å². The van der Waals surface area contributed by atoms with Crippen LogP contribution in [0.15, 0.2) is 48.5 Å². The summed E-state index contributed by atoms with van der Waals surface area (Å²) in [5.41, 5.74) is 0.862. The second kappa shape index (κ2) is 18.9. The first-order chi connectivity index (χ1) is 17.3. The van der Waals surface area contributed by atoms with Gasteiger partial charge in [0.15, 0.2) is 11.5 Å². The van der Waals surface area contributed by atoms with E-state index in [1.165, 1.54) is 89.9 Å². The van der Waals surface area contributed by atoms with Gasteiger partial charge in [-0.15, -0.1) is 0 Å². The van der Waals surface area contributed by atoms with E-state index in [0.717, 1.165) is 12.8 Å². The van der Waals surface area contributed by atoms with E-state index in [1.807, 2.05) is 18.2 Å². The molecule has 0 fully saturated rings. The van der Waals surface area contributed by atoms with Crippen molar-refractivity contribution >= 4 is 5.78 Å². The molecule has 0 saturated carbocycles. The second-order valence-corrected chi connectivity index (χ2v) is 9.60. The van der Waals surface area contributed by atoms with E-state index in [0.29, 0.717) is 23.5 Å². The zero-order valence-electron chi connectivity index (χ0n) is 21.8. The molecule has 194 valence electrons. The first kappa shape index (κ1) is 28.9. The summed E-state index contributed by atoms with van der Waals surface area (Å²) in [6, 6.07) is 13.9. The van der Waals surface area contributed by atoms with Crippen molar-refractivity contribution in [3.8, 4) is 11.5 Å². The SMILES string of the molecule is CCCCCCCCCCCCCCCCCCOc1ccc(C(=O)c2ccccc2)c(OO)c1. The van der Waals surface area contributed by atoms with E-state index < -0.39 is 0 Å². The van der Waals surface area contributed by atoms with Gasteiger partial charge in [-0.25, -0.2) is 5.26 Å². The summed E-state index contributed by atoms with van der Waals surface area (Å²) < 4.78 is 5.81. The monoisotopic (exact) mass is 482 g/mol. The molecule has 0 aliphatic rings. The van der Waals surface area contributed by atoms with E-state index in [-0.39, 0.29) is 11.5 Å².